The Bertz CT molecular complexity index is 408. The predicted molar refractivity (Wildman–Crippen MR) is 86.8 cm³/mol. The summed E-state index contributed by atoms with van der Waals surface area (Å²) >= 11 is 0. The average Bonchev–Trinajstić information content (AvgIpc) is 2.45. The van der Waals surface area contributed by atoms with Crippen LogP contribution < -0.4 is 4.74 Å². The molecule has 5 heteroatoms. The number of methoxy groups -OCH3 is 1. The quantitative estimate of drug-likeness (QED) is 0.687. The van der Waals surface area contributed by atoms with Gasteiger partial charge >= 0.3 is 5.97 Å². The van der Waals surface area contributed by atoms with E-state index in [1.54, 1.807) is 12.2 Å². The van der Waals surface area contributed by atoms with E-state index < -0.39 is 0 Å². The molecule has 0 aliphatic carbocycles. The van der Waals surface area contributed by atoms with Crippen molar-refractivity contribution in [2.45, 2.75) is 46.1 Å². The maximum absolute atomic E-state index is 11.6. The highest BCUT2D eigenvalue weighted by atomic mass is 35.5. The van der Waals surface area contributed by atoms with Crippen molar-refractivity contribution in [1.29, 1.82) is 0 Å². The molecule has 120 valence electrons. The number of rotatable bonds is 8. The molecule has 0 saturated carbocycles. The SMILES string of the molecule is CCCC(=O)ON(CC)C(C)Cc1ccc(OC)cc1.Cl. The van der Waals surface area contributed by atoms with E-state index in [0.29, 0.717) is 13.0 Å². The Morgan fingerprint density at radius 2 is 1.86 bits per heavy atom. The molecule has 0 amide bonds. The summed E-state index contributed by atoms with van der Waals surface area (Å²) in [6, 6.07) is 8.12. The van der Waals surface area contributed by atoms with Crippen LogP contribution in [0.5, 0.6) is 5.75 Å². The minimum atomic E-state index is -0.157. The van der Waals surface area contributed by atoms with Crippen LogP contribution in [-0.2, 0) is 16.1 Å². The third-order valence-electron chi connectivity index (χ3n) is 3.17. The topological polar surface area (TPSA) is 38.8 Å². The molecule has 0 radical (unpaired) electrons. The Labute approximate surface area is 133 Å². The summed E-state index contributed by atoms with van der Waals surface area (Å²) in [7, 11) is 1.66. The van der Waals surface area contributed by atoms with Gasteiger partial charge in [0.2, 0.25) is 0 Å². The molecule has 1 aromatic rings. The number of halogens is 1. The average molecular weight is 316 g/mol. The van der Waals surface area contributed by atoms with Gasteiger partial charge in [-0.3, -0.25) is 4.79 Å². The Hall–Kier alpha value is -1.26. The first kappa shape index (κ1) is 19.7. The third-order valence-corrected chi connectivity index (χ3v) is 3.17. The molecule has 0 bridgehead atoms. The second-order valence-electron chi connectivity index (χ2n) is 4.85. The molecule has 0 saturated heterocycles. The summed E-state index contributed by atoms with van der Waals surface area (Å²) < 4.78 is 5.14. The van der Waals surface area contributed by atoms with E-state index in [4.69, 9.17) is 9.57 Å². The minimum Gasteiger partial charge on any atom is -0.497 e. The van der Waals surface area contributed by atoms with Crippen molar-refractivity contribution in [3.05, 3.63) is 29.8 Å². The lowest BCUT2D eigenvalue weighted by Gasteiger charge is -2.26. The minimum absolute atomic E-state index is 0. The van der Waals surface area contributed by atoms with Crippen molar-refractivity contribution in [3.63, 3.8) is 0 Å². The fourth-order valence-electron chi connectivity index (χ4n) is 2.05. The van der Waals surface area contributed by atoms with Gasteiger partial charge in [-0.2, -0.15) is 0 Å². The Morgan fingerprint density at radius 1 is 1.24 bits per heavy atom. The van der Waals surface area contributed by atoms with Crippen molar-refractivity contribution in [3.8, 4) is 5.75 Å². The van der Waals surface area contributed by atoms with Gasteiger partial charge in [0.1, 0.15) is 5.75 Å². The molecular formula is C16H26ClNO3. The first-order valence-electron chi connectivity index (χ1n) is 7.21. The molecule has 1 unspecified atom stereocenters. The molecule has 0 aliphatic rings. The highest BCUT2D eigenvalue weighted by Crippen LogP contribution is 2.15. The van der Waals surface area contributed by atoms with Gasteiger partial charge in [-0.25, -0.2) is 0 Å². The summed E-state index contributed by atoms with van der Waals surface area (Å²) in [6.45, 7) is 6.71. The van der Waals surface area contributed by atoms with Crippen LogP contribution in [0.25, 0.3) is 0 Å². The van der Waals surface area contributed by atoms with Gasteiger partial charge in [-0.05, 0) is 44.4 Å². The first-order chi connectivity index (χ1) is 9.60. The molecular weight excluding hydrogens is 290 g/mol. The number of likely N-dealkylation sites (N-methyl/N-ethyl adjacent to an activating group) is 1. The highest BCUT2D eigenvalue weighted by molar-refractivity contribution is 5.85. The summed E-state index contributed by atoms with van der Waals surface area (Å²) in [5.41, 5.74) is 1.20. The second-order valence-corrected chi connectivity index (χ2v) is 4.85. The van der Waals surface area contributed by atoms with E-state index in [9.17, 15) is 4.79 Å². The van der Waals surface area contributed by atoms with Gasteiger partial charge < -0.3 is 9.57 Å². The maximum Gasteiger partial charge on any atom is 0.325 e. The number of hydrogen-bond donors (Lipinski definition) is 0. The molecule has 21 heavy (non-hydrogen) atoms. The predicted octanol–water partition coefficient (Wildman–Crippen LogP) is 3.63. The lowest BCUT2D eigenvalue weighted by Crippen LogP contribution is -2.36. The zero-order valence-corrected chi connectivity index (χ0v) is 14.1. The molecule has 1 atom stereocenters. The fourth-order valence-corrected chi connectivity index (χ4v) is 2.05. The largest absolute Gasteiger partial charge is 0.497 e. The first-order valence-corrected chi connectivity index (χ1v) is 7.21. The van der Waals surface area contributed by atoms with Gasteiger partial charge in [0, 0.05) is 19.0 Å². The van der Waals surface area contributed by atoms with Crippen LogP contribution >= 0.6 is 12.4 Å². The summed E-state index contributed by atoms with van der Waals surface area (Å²) in [4.78, 5) is 17.0. The van der Waals surface area contributed by atoms with Crippen LogP contribution in [0.4, 0.5) is 0 Å². The van der Waals surface area contributed by atoms with E-state index in [1.165, 1.54) is 5.56 Å². The van der Waals surface area contributed by atoms with Gasteiger partial charge in [-0.1, -0.05) is 19.1 Å². The smallest absolute Gasteiger partial charge is 0.325 e. The normalized spacial score (nSPS) is 11.7. The molecule has 1 aromatic carbocycles. The van der Waals surface area contributed by atoms with Crippen molar-refractivity contribution in [1.82, 2.24) is 5.06 Å². The molecule has 0 N–H and O–H groups in total. The number of carbonyl (C=O) groups excluding carboxylic acids is 1. The van der Waals surface area contributed by atoms with Crippen LogP contribution in [0.1, 0.15) is 39.2 Å². The second kappa shape index (κ2) is 10.5. The van der Waals surface area contributed by atoms with Crippen molar-refractivity contribution < 1.29 is 14.4 Å². The molecule has 4 nitrogen and oxygen atoms in total. The van der Waals surface area contributed by atoms with E-state index >= 15 is 0 Å². The van der Waals surface area contributed by atoms with Crippen LogP contribution in [0, 0.1) is 0 Å². The number of benzene rings is 1. The van der Waals surface area contributed by atoms with E-state index in [0.717, 1.165) is 18.6 Å². The number of hydrogen-bond acceptors (Lipinski definition) is 4. The van der Waals surface area contributed by atoms with Crippen LogP contribution in [0.3, 0.4) is 0 Å². The Kier molecular flexibility index (Phi) is 9.84. The molecule has 0 aromatic heterocycles. The third kappa shape index (κ3) is 6.82. The standard InChI is InChI=1S/C16H25NO3.ClH/c1-5-7-16(18)20-17(6-2)13(3)12-14-8-10-15(19-4)11-9-14;/h8-11,13H,5-7,12H2,1-4H3;1H. The Morgan fingerprint density at radius 3 is 2.33 bits per heavy atom. The van der Waals surface area contributed by atoms with E-state index in [2.05, 4.69) is 6.92 Å². The lowest BCUT2D eigenvalue weighted by molar-refractivity contribution is -0.199. The zero-order chi connectivity index (χ0) is 15.0. The zero-order valence-electron chi connectivity index (χ0n) is 13.3. The number of nitrogens with zero attached hydrogens (tertiary/aromatic N) is 1. The van der Waals surface area contributed by atoms with E-state index in [1.807, 2.05) is 38.1 Å². The number of hydroxylamine groups is 2. The van der Waals surface area contributed by atoms with Gasteiger partial charge in [0.05, 0.1) is 7.11 Å². The van der Waals surface area contributed by atoms with Crippen molar-refractivity contribution in [2.24, 2.45) is 0 Å². The highest BCUT2D eigenvalue weighted by Gasteiger charge is 2.17. The van der Waals surface area contributed by atoms with E-state index in [-0.39, 0.29) is 24.4 Å². The van der Waals surface area contributed by atoms with Gasteiger partial charge in [-0.15, -0.1) is 17.5 Å². The lowest BCUT2D eigenvalue weighted by atomic mass is 10.1. The number of carbonyl (C=O) groups is 1. The molecule has 0 spiro atoms. The van der Waals surface area contributed by atoms with Crippen LogP contribution in [-0.4, -0.2) is 30.7 Å². The monoisotopic (exact) mass is 315 g/mol. The Balaban J connectivity index is 0.00000400. The fraction of sp³-hybridized carbons (Fsp3) is 0.562. The van der Waals surface area contributed by atoms with Gasteiger partial charge in [0.15, 0.2) is 0 Å². The van der Waals surface area contributed by atoms with Crippen molar-refractivity contribution in [2.75, 3.05) is 13.7 Å². The van der Waals surface area contributed by atoms with Gasteiger partial charge in [0.25, 0.3) is 0 Å². The number of ether oxygens (including phenoxy) is 1. The molecule has 0 aliphatic heterocycles. The van der Waals surface area contributed by atoms with Crippen LogP contribution in [0.15, 0.2) is 24.3 Å². The summed E-state index contributed by atoms with van der Waals surface area (Å²) in [6.07, 6.45) is 2.10. The molecule has 1 rings (SSSR count). The molecule has 0 fully saturated rings. The maximum atomic E-state index is 11.6. The molecule has 0 heterocycles. The van der Waals surface area contributed by atoms with Crippen LogP contribution in [0.2, 0.25) is 0 Å². The van der Waals surface area contributed by atoms with Crippen molar-refractivity contribution >= 4 is 18.4 Å². The summed E-state index contributed by atoms with van der Waals surface area (Å²) in [5, 5.41) is 1.75. The summed E-state index contributed by atoms with van der Waals surface area (Å²) in [5.74, 6) is 0.694.